The minimum Gasteiger partial charge on any atom is -0.197 e. The van der Waals surface area contributed by atoms with Crippen LogP contribution in [0.2, 0.25) is 0 Å². The predicted molar refractivity (Wildman–Crippen MR) is 42.3 cm³/mol. The van der Waals surface area contributed by atoms with E-state index in [1.54, 1.807) is 0 Å². The summed E-state index contributed by atoms with van der Waals surface area (Å²) in [7, 11) is 0. The van der Waals surface area contributed by atoms with Crippen LogP contribution in [0.1, 0.15) is 13.8 Å². The summed E-state index contributed by atoms with van der Waals surface area (Å²) in [6.45, 7) is 3.88. The van der Waals surface area contributed by atoms with E-state index in [0.29, 0.717) is 0 Å². The first-order chi connectivity index (χ1) is 2.77. The Morgan fingerprint density at radius 3 is 2.14 bits per heavy atom. The maximum atomic E-state index is 3.21. The summed E-state index contributed by atoms with van der Waals surface area (Å²) in [6.07, 6.45) is 1.87. The summed E-state index contributed by atoms with van der Waals surface area (Å²) >= 11 is 3.21. The molecule has 0 aliphatic carbocycles. The van der Waals surface area contributed by atoms with Gasteiger partial charge in [0.15, 0.2) is 0 Å². The van der Waals surface area contributed by atoms with Crippen molar-refractivity contribution in [2.24, 2.45) is 0 Å². The van der Waals surface area contributed by atoms with E-state index in [1.807, 2.05) is 19.9 Å². The Balaban J connectivity index is 0. The predicted octanol–water partition coefficient (Wildman–Crippen LogP) is 2.57. The number of halogens is 1. The van der Waals surface area contributed by atoms with Crippen molar-refractivity contribution >= 4 is 29.4 Å². The van der Waals surface area contributed by atoms with Crippen LogP contribution in [0.3, 0.4) is 0 Å². The lowest BCUT2D eigenvalue weighted by molar-refractivity contribution is 1.68. The molecule has 0 radical (unpaired) electrons. The van der Waals surface area contributed by atoms with E-state index in [-0.39, 0.29) is 13.5 Å². The van der Waals surface area contributed by atoms with E-state index < -0.39 is 0 Å². The highest BCUT2D eigenvalue weighted by atomic mass is 79.9. The van der Waals surface area contributed by atoms with Gasteiger partial charge in [-0.15, -0.1) is 5.73 Å². The van der Waals surface area contributed by atoms with E-state index in [9.17, 15) is 0 Å². The zero-order chi connectivity index (χ0) is 4.99. The van der Waals surface area contributed by atoms with Crippen molar-refractivity contribution < 1.29 is 0 Å². The standard InChI is InChI=1S/C5H7Br.H2S/c1-3-4-5(2)6;/h3H,1-2H3;1H2. The Bertz CT molecular complexity index is 86.3. The maximum Gasteiger partial charge on any atom is 0.0334 e. The molecule has 0 aliphatic rings. The van der Waals surface area contributed by atoms with Gasteiger partial charge in [-0.3, -0.25) is 0 Å². The number of hydrogen-bond donors (Lipinski definition) is 0. The summed E-state index contributed by atoms with van der Waals surface area (Å²) in [6, 6.07) is 0. The van der Waals surface area contributed by atoms with Gasteiger partial charge in [0.25, 0.3) is 0 Å². The van der Waals surface area contributed by atoms with Gasteiger partial charge in [-0.25, -0.2) is 0 Å². The van der Waals surface area contributed by atoms with E-state index in [2.05, 4.69) is 21.7 Å². The molecule has 0 heterocycles. The van der Waals surface area contributed by atoms with E-state index in [4.69, 9.17) is 0 Å². The number of rotatable bonds is 0. The molecule has 0 aliphatic heterocycles. The van der Waals surface area contributed by atoms with Gasteiger partial charge in [0.05, 0.1) is 0 Å². The van der Waals surface area contributed by atoms with Crippen molar-refractivity contribution in [1.29, 1.82) is 0 Å². The largest absolute Gasteiger partial charge is 0.197 e. The molecule has 0 saturated heterocycles. The topological polar surface area (TPSA) is 0 Å². The fourth-order valence-corrected chi connectivity index (χ4v) is 0.428. The van der Waals surface area contributed by atoms with Gasteiger partial charge in [-0.1, -0.05) is 0 Å². The fourth-order valence-electron chi connectivity index (χ4n) is 0.199. The highest BCUT2D eigenvalue weighted by Crippen LogP contribution is 1.96. The van der Waals surface area contributed by atoms with Crippen LogP contribution in [0.15, 0.2) is 16.3 Å². The minimum absolute atomic E-state index is 0. The monoisotopic (exact) mass is 180 g/mol. The molecule has 0 aromatic carbocycles. The van der Waals surface area contributed by atoms with Crippen LogP contribution in [0.5, 0.6) is 0 Å². The Morgan fingerprint density at radius 1 is 1.71 bits per heavy atom. The van der Waals surface area contributed by atoms with E-state index >= 15 is 0 Å². The Morgan fingerprint density at radius 2 is 2.14 bits per heavy atom. The van der Waals surface area contributed by atoms with Crippen LogP contribution in [0.25, 0.3) is 0 Å². The first kappa shape index (κ1) is 10.4. The molecule has 0 atom stereocenters. The Labute approximate surface area is 59.9 Å². The van der Waals surface area contributed by atoms with Gasteiger partial charge in [-0.05, 0) is 35.9 Å². The van der Waals surface area contributed by atoms with Crippen molar-refractivity contribution in [3.63, 3.8) is 0 Å². The third kappa shape index (κ3) is 10.7. The van der Waals surface area contributed by atoms with E-state index in [1.165, 1.54) is 0 Å². The van der Waals surface area contributed by atoms with Crippen LogP contribution in [0, 0.1) is 0 Å². The minimum atomic E-state index is 0. The van der Waals surface area contributed by atoms with Crippen molar-refractivity contribution in [2.75, 3.05) is 0 Å². The zero-order valence-corrected chi connectivity index (χ0v) is 7.04. The average Bonchev–Trinajstić information content (AvgIpc) is 1.35. The van der Waals surface area contributed by atoms with Crippen LogP contribution in [-0.2, 0) is 0 Å². The molecule has 0 rings (SSSR count). The molecule has 0 N–H and O–H groups in total. The first-order valence-corrected chi connectivity index (χ1v) is 2.60. The summed E-state index contributed by atoms with van der Waals surface area (Å²) < 4.78 is 1.05. The first-order valence-electron chi connectivity index (χ1n) is 1.81. The Hall–Kier alpha value is 0.350. The maximum absolute atomic E-state index is 3.21. The van der Waals surface area contributed by atoms with Gasteiger partial charge in [0.2, 0.25) is 0 Å². The normalized spacial score (nSPS) is 5.57. The van der Waals surface area contributed by atoms with Gasteiger partial charge in [0.1, 0.15) is 0 Å². The molecule has 7 heavy (non-hydrogen) atoms. The lowest BCUT2D eigenvalue weighted by Gasteiger charge is -1.67. The van der Waals surface area contributed by atoms with Crippen molar-refractivity contribution in [1.82, 2.24) is 0 Å². The average molecular weight is 181 g/mol. The number of allylic oxidation sites excluding steroid dienone is 1. The molecule has 0 aromatic heterocycles. The molecule has 0 aromatic rings. The lowest BCUT2D eigenvalue weighted by Crippen LogP contribution is -1.41. The Kier molecular flexibility index (Phi) is 9.39. The van der Waals surface area contributed by atoms with Crippen LogP contribution in [-0.4, -0.2) is 0 Å². The van der Waals surface area contributed by atoms with Crippen molar-refractivity contribution in [3.05, 3.63) is 16.3 Å². The van der Waals surface area contributed by atoms with Crippen LogP contribution >= 0.6 is 29.4 Å². The molecule has 0 amide bonds. The second-order valence-electron chi connectivity index (χ2n) is 0.966. The highest BCUT2D eigenvalue weighted by molar-refractivity contribution is 9.11. The molecule has 0 fully saturated rings. The molecular weight excluding hydrogens is 172 g/mol. The molecule has 0 bridgehead atoms. The summed E-state index contributed by atoms with van der Waals surface area (Å²) in [5.74, 6) is 0. The van der Waals surface area contributed by atoms with Gasteiger partial charge >= 0.3 is 0 Å². The third-order valence-corrected chi connectivity index (χ3v) is 0.572. The second kappa shape index (κ2) is 6.35. The summed E-state index contributed by atoms with van der Waals surface area (Å²) in [5.41, 5.74) is 2.92. The second-order valence-corrected chi connectivity index (χ2v) is 2.16. The molecule has 0 nitrogen and oxygen atoms in total. The zero-order valence-electron chi connectivity index (χ0n) is 4.46. The molecular formula is C5H9BrS. The summed E-state index contributed by atoms with van der Waals surface area (Å²) in [5, 5.41) is 0. The molecule has 0 saturated carbocycles. The number of hydrogen-bond acceptors (Lipinski definition) is 0. The lowest BCUT2D eigenvalue weighted by atomic mass is 10.6. The van der Waals surface area contributed by atoms with Crippen molar-refractivity contribution in [2.45, 2.75) is 13.8 Å². The van der Waals surface area contributed by atoms with Gasteiger partial charge in [0, 0.05) is 4.48 Å². The quantitative estimate of drug-likeness (QED) is 0.504. The van der Waals surface area contributed by atoms with Crippen LogP contribution in [0.4, 0.5) is 0 Å². The fraction of sp³-hybridized carbons (Fsp3) is 0.400. The molecule has 2 heteroatoms. The third-order valence-electron chi connectivity index (χ3n) is 0.343. The van der Waals surface area contributed by atoms with Crippen molar-refractivity contribution in [3.8, 4) is 0 Å². The molecule has 0 unspecified atom stereocenters. The van der Waals surface area contributed by atoms with E-state index in [0.717, 1.165) is 4.48 Å². The molecule has 0 spiro atoms. The van der Waals surface area contributed by atoms with Gasteiger partial charge < -0.3 is 0 Å². The SMILES string of the molecule is CC=C=C(C)Br.S. The van der Waals surface area contributed by atoms with Gasteiger partial charge in [-0.2, -0.15) is 13.5 Å². The summed E-state index contributed by atoms with van der Waals surface area (Å²) in [4.78, 5) is 0. The highest BCUT2D eigenvalue weighted by Gasteiger charge is 1.63. The molecule has 42 valence electrons. The smallest absolute Gasteiger partial charge is 0.0334 e. The van der Waals surface area contributed by atoms with Crippen LogP contribution < -0.4 is 0 Å².